The summed E-state index contributed by atoms with van der Waals surface area (Å²) in [4.78, 5) is 17.6. The fraction of sp³-hybridized carbons (Fsp3) is 0.692. The maximum absolute atomic E-state index is 11.6. The molecule has 19 heavy (non-hydrogen) atoms. The Morgan fingerprint density at radius 2 is 2.21 bits per heavy atom. The molecule has 1 amide bonds. The number of aliphatic imine (C=N–C) groups is 1. The van der Waals surface area contributed by atoms with Gasteiger partial charge in [0, 0.05) is 19.0 Å². The van der Waals surface area contributed by atoms with Crippen molar-refractivity contribution < 1.29 is 19.0 Å². The normalized spacial score (nSPS) is 23.9. The van der Waals surface area contributed by atoms with Gasteiger partial charge in [-0.05, 0) is 19.4 Å². The number of carbonyl (C=O) groups excluding carboxylic acids is 1. The Kier molecular flexibility index (Phi) is 5.20. The van der Waals surface area contributed by atoms with Crippen LogP contribution in [-0.4, -0.2) is 56.3 Å². The number of nitrogens with zero attached hydrogens (tertiary/aromatic N) is 2. The molecule has 0 saturated carbocycles. The van der Waals surface area contributed by atoms with Gasteiger partial charge in [-0.1, -0.05) is 0 Å². The Labute approximate surface area is 113 Å². The monoisotopic (exact) mass is 268 g/mol. The Hall–Kier alpha value is -1.56. The van der Waals surface area contributed by atoms with Crippen LogP contribution in [0.1, 0.15) is 13.3 Å². The minimum Gasteiger partial charge on any atom is -0.501 e. The lowest BCUT2D eigenvalue weighted by Gasteiger charge is -2.27. The molecule has 0 N–H and O–H groups in total. The first-order valence-electron chi connectivity index (χ1n) is 6.59. The van der Waals surface area contributed by atoms with Crippen LogP contribution in [0.25, 0.3) is 0 Å². The van der Waals surface area contributed by atoms with Gasteiger partial charge in [0.25, 0.3) is 0 Å². The van der Waals surface area contributed by atoms with E-state index in [0.29, 0.717) is 32.3 Å². The third-order valence-corrected chi connectivity index (χ3v) is 3.20. The van der Waals surface area contributed by atoms with Gasteiger partial charge < -0.3 is 19.1 Å². The van der Waals surface area contributed by atoms with Crippen molar-refractivity contribution in [2.45, 2.75) is 13.3 Å². The van der Waals surface area contributed by atoms with E-state index in [1.165, 1.54) is 0 Å². The average molecular weight is 268 g/mol. The maximum Gasteiger partial charge on any atom is 0.435 e. The molecule has 2 heterocycles. The largest absolute Gasteiger partial charge is 0.501 e. The third-order valence-electron chi connectivity index (χ3n) is 3.20. The Morgan fingerprint density at radius 3 is 2.89 bits per heavy atom. The molecular formula is C13H20N2O4. The second kappa shape index (κ2) is 7.13. The van der Waals surface area contributed by atoms with Gasteiger partial charge in [0.1, 0.15) is 5.84 Å². The fourth-order valence-corrected chi connectivity index (χ4v) is 1.99. The highest BCUT2D eigenvalue weighted by atomic mass is 16.5. The van der Waals surface area contributed by atoms with Crippen LogP contribution in [0.15, 0.2) is 17.3 Å². The number of carbonyl (C=O) groups is 1. The second-order valence-corrected chi connectivity index (χ2v) is 4.58. The predicted molar refractivity (Wildman–Crippen MR) is 70.0 cm³/mol. The molecule has 1 fully saturated rings. The zero-order chi connectivity index (χ0) is 13.5. The molecular weight excluding hydrogens is 248 g/mol. The van der Waals surface area contributed by atoms with Gasteiger partial charge in [0.15, 0.2) is 0 Å². The van der Waals surface area contributed by atoms with E-state index < -0.39 is 6.09 Å². The standard InChI is InChI=1S/C13H20N2O4/c1-11(15-4-8-18-9-5-15)14-13(16)19-10-12-2-6-17-7-3-12/h2,6,12H,3-5,7-10H2,1H3/b14-11-. The van der Waals surface area contributed by atoms with E-state index in [4.69, 9.17) is 14.2 Å². The van der Waals surface area contributed by atoms with Crippen molar-refractivity contribution in [1.82, 2.24) is 4.90 Å². The van der Waals surface area contributed by atoms with Crippen LogP contribution in [0.2, 0.25) is 0 Å². The number of hydrogen-bond donors (Lipinski definition) is 0. The van der Waals surface area contributed by atoms with Gasteiger partial charge in [-0.2, -0.15) is 4.99 Å². The highest BCUT2D eigenvalue weighted by Gasteiger charge is 2.15. The Morgan fingerprint density at radius 1 is 1.42 bits per heavy atom. The quantitative estimate of drug-likeness (QED) is 0.560. The SMILES string of the molecule is C/C(=N/C(=O)OCC1C=COCC1)N1CCOCC1. The first kappa shape index (κ1) is 13.9. The van der Waals surface area contributed by atoms with E-state index in [-0.39, 0.29) is 5.92 Å². The van der Waals surface area contributed by atoms with Crippen LogP contribution < -0.4 is 0 Å². The molecule has 0 aliphatic carbocycles. The molecule has 1 saturated heterocycles. The summed E-state index contributed by atoms with van der Waals surface area (Å²) >= 11 is 0. The number of morpholine rings is 1. The number of rotatable bonds is 2. The molecule has 0 bridgehead atoms. The van der Waals surface area contributed by atoms with E-state index in [1.807, 2.05) is 17.9 Å². The van der Waals surface area contributed by atoms with Crippen LogP contribution in [0.3, 0.4) is 0 Å². The summed E-state index contributed by atoms with van der Waals surface area (Å²) in [7, 11) is 0. The van der Waals surface area contributed by atoms with Gasteiger partial charge in [0.2, 0.25) is 0 Å². The summed E-state index contributed by atoms with van der Waals surface area (Å²) in [5.74, 6) is 0.924. The zero-order valence-corrected chi connectivity index (χ0v) is 11.2. The summed E-state index contributed by atoms with van der Waals surface area (Å²) in [6.07, 6.45) is 3.92. The van der Waals surface area contributed by atoms with E-state index in [9.17, 15) is 4.79 Å². The van der Waals surface area contributed by atoms with E-state index >= 15 is 0 Å². The summed E-state index contributed by atoms with van der Waals surface area (Å²) < 4.78 is 15.5. The van der Waals surface area contributed by atoms with E-state index in [2.05, 4.69) is 4.99 Å². The van der Waals surface area contributed by atoms with Gasteiger partial charge in [0.05, 0.1) is 32.7 Å². The molecule has 6 heteroatoms. The number of hydrogen-bond acceptors (Lipinski definition) is 4. The molecule has 0 aromatic carbocycles. The summed E-state index contributed by atoms with van der Waals surface area (Å²) in [6, 6.07) is 0. The highest BCUT2D eigenvalue weighted by Crippen LogP contribution is 2.11. The molecule has 2 aliphatic rings. The third kappa shape index (κ3) is 4.55. The number of ether oxygens (including phenoxy) is 3. The number of amidine groups is 1. The first-order valence-corrected chi connectivity index (χ1v) is 6.59. The van der Waals surface area contributed by atoms with Crippen molar-refractivity contribution >= 4 is 11.9 Å². The molecule has 6 nitrogen and oxygen atoms in total. The first-order chi connectivity index (χ1) is 9.25. The van der Waals surface area contributed by atoms with Gasteiger partial charge in [-0.15, -0.1) is 0 Å². The smallest absolute Gasteiger partial charge is 0.435 e. The molecule has 1 atom stereocenters. The lowest BCUT2D eigenvalue weighted by molar-refractivity contribution is 0.0674. The van der Waals surface area contributed by atoms with Crippen LogP contribution in [0.5, 0.6) is 0 Å². The molecule has 0 aromatic rings. The molecule has 1 unspecified atom stereocenters. The summed E-state index contributed by atoms with van der Waals surface area (Å²) in [6.45, 7) is 5.74. The van der Waals surface area contributed by atoms with Crippen molar-refractivity contribution in [3.8, 4) is 0 Å². The van der Waals surface area contributed by atoms with Crippen molar-refractivity contribution in [1.29, 1.82) is 0 Å². The highest BCUT2D eigenvalue weighted by molar-refractivity contribution is 5.90. The van der Waals surface area contributed by atoms with Crippen molar-refractivity contribution in [2.24, 2.45) is 10.9 Å². The Balaban J connectivity index is 1.75. The molecule has 0 aromatic heterocycles. The van der Waals surface area contributed by atoms with E-state index in [0.717, 1.165) is 19.5 Å². The van der Waals surface area contributed by atoms with Crippen LogP contribution >= 0.6 is 0 Å². The summed E-state index contributed by atoms with van der Waals surface area (Å²) in [5, 5.41) is 0. The minimum absolute atomic E-state index is 0.233. The fourth-order valence-electron chi connectivity index (χ4n) is 1.99. The van der Waals surface area contributed by atoms with Gasteiger partial charge in [-0.25, -0.2) is 4.79 Å². The van der Waals surface area contributed by atoms with Crippen LogP contribution in [-0.2, 0) is 14.2 Å². The average Bonchev–Trinajstić information content (AvgIpc) is 2.47. The van der Waals surface area contributed by atoms with Gasteiger partial charge >= 0.3 is 6.09 Å². The number of amides is 1. The maximum atomic E-state index is 11.6. The van der Waals surface area contributed by atoms with Crippen LogP contribution in [0.4, 0.5) is 4.79 Å². The minimum atomic E-state index is -0.524. The van der Waals surface area contributed by atoms with Gasteiger partial charge in [-0.3, -0.25) is 0 Å². The molecule has 2 aliphatic heterocycles. The predicted octanol–water partition coefficient (Wildman–Crippen LogP) is 1.42. The second-order valence-electron chi connectivity index (χ2n) is 4.58. The van der Waals surface area contributed by atoms with Crippen LogP contribution in [0, 0.1) is 5.92 Å². The zero-order valence-electron chi connectivity index (χ0n) is 11.2. The molecule has 106 valence electrons. The van der Waals surface area contributed by atoms with Crippen molar-refractivity contribution in [2.75, 3.05) is 39.5 Å². The Bertz CT molecular complexity index is 362. The summed E-state index contributed by atoms with van der Waals surface area (Å²) in [5.41, 5.74) is 0. The van der Waals surface area contributed by atoms with Crippen molar-refractivity contribution in [3.63, 3.8) is 0 Å². The molecule has 0 radical (unpaired) electrons. The van der Waals surface area contributed by atoms with E-state index in [1.54, 1.807) is 6.26 Å². The topological polar surface area (TPSA) is 60.4 Å². The lowest BCUT2D eigenvalue weighted by atomic mass is 10.1. The molecule has 0 spiro atoms. The molecule has 2 rings (SSSR count). The lowest BCUT2D eigenvalue weighted by Crippen LogP contribution is -2.39. The van der Waals surface area contributed by atoms with Crippen molar-refractivity contribution in [3.05, 3.63) is 12.3 Å².